The van der Waals surface area contributed by atoms with Gasteiger partial charge in [0.1, 0.15) is 5.82 Å². The first-order valence-electron chi connectivity index (χ1n) is 6.87. The van der Waals surface area contributed by atoms with Gasteiger partial charge in [-0.2, -0.15) is 0 Å². The fourth-order valence-electron chi connectivity index (χ4n) is 2.35. The monoisotopic (exact) mass is 253 g/mol. The topological polar surface area (TPSA) is 50.1 Å². The number of nitrogens with zero attached hydrogens (tertiary/aromatic N) is 2. The van der Waals surface area contributed by atoms with Crippen molar-refractivity contribution in [2.75, 3.05) is 6.54 Å². The average Bonchev–Trinajstić information content (AvgIpc) is 2.64. The van der Waals surface area contributed by atoms with Crippen molar-refractivity contribution in [3.05, 3.63) is 18.2 Å². The molecular formula is C14H27N3O. The molecule has 0 fully saturated rings. The van der Waals surface area contributed by atoms with Gasteiger partial charge in [0, 0.05) is 25.5 Å². The van der Waals surface area contributed by atoms with Gasteiger partial charge in [0.2, 0.25) is 0 Å². The van der Waals surface area contributed by atoms with Crippen LogP contribution in [0.1, 0.15) is 46.4 Å². The molecule has 1 atom stereocenters. The van der Waals surface area contributed by atoms with Crippen LogP contribution in [0.25, 0.3) is 0 Å². The van der Waals surface area contributed by atoms with E-state index in [0.29, 0.717) is 19.0 Å². The highest BCUT2D eigenvalue weighted by Gasteiger charge is 2.21. The highest BCUT2D eigenvalue weighted by atomic mass is 16.3. The maximum Gasteiger partial charge on any atom is 0.122 e. The van der Waals surface area contributed by atoms with Gasteiger partial charge in [0.05, 0.1) is 12.1 Å². The summed E-state index contributed by atoms with van der Waals surface area (Å²) in [6.45, 7) is 10.6. The third-order valence-corrected chi connectivity index (χ3v) is 2.90. The molecule has 0 aliphatic rings. The molecule has 0 radical (unpaired) electrons. The molecule has 0 saturated carbocycles. The summed E-state index contributed by atoms with van der Waals surface area (Å²) in [6, 6.07) is 0. The lowest BCUT2D eigenvalue weighted by Crippen LogP contribution is -2.39. The van der Waals surface area contributed by atoms with Crippen molar-refractivity contribution in [3.8, 4) is 0 Å². The molecule has 4 heteroatoms. The highest BCUT2D eigenvalue weighted by molar-refractivity contribution is 4.92. The molecule has 4 nitrogen and oxygen atoms in total. The Morgan fingerprint density at radius 3 is 2.83 bits per heavy atom. The van der Waals surface area contributed by atoms with Crippen LogP contribution in [0.3, 0.4) is 0 Å². The van der Waals surface area contributed by atoms with Crippen molar-refractivity contribution in [1.29, 1.82) is 0 Å². The predicted molar refractivity (Wildman–Crippen MR) is 74.3 cm³/mol. The third kappa shape index (κ3) is 5.19. The van der Waals surface area contributed by atoms with Crippen LogP contribution >= 0.6 is 0 Å². The number of rotatable bonds is 8. The van der Waals surface area contributed by atoms with Gasteiger partial charge in [-0.25, -0.2) is 4.98 Å². The van der Waals surface area contributed by atoms with Gasteiger partial charge >= 0.3 is 0 Å². The van der Waals surface area contributed by atoms with E-state index in [9.17, 15) is 5.11 Å². The van der Waals surface area contributed by atoms with E-state index in [0.717, 1.165) is 25.2 Å². The first-order valence-corrected chi connectivity index (χ1v) is 6.87. The van der Waals surface area contributed by atoms with Gasteiger partial charge in [-0.05, 0) is 25.7 Å². The van der Waals surface area contributed by atoms with Crippen LogP contribution in [0.2, 0.25) is 0 Å². The molecule has 1 unspecified atom stereocenters. The van der Waals surface area contributed by atoms with Crippen LogP contribution in [0.4, 0.5) is 0 Å². The van der Waals surface area contributed by atoms with E-state index in [1.54, 1.807) is 0 Å². The first-order chi connectivity index (χ1) is 8.44. The molecule has 0 aromatic carbocycles. The number of nitrogens with one attached hydrogen (secondary N) is 1. The smallest absolute Gasteiger partial charge is 0.122 e. The molecule has 0 aliphatic heterocycles. The van der Waals surface area contributed by atoms with Crippen molar-refractivity contribution in [1.82, 2.24) is 14.9 Å². The average molecular weight is 253 g/mol. The molecule has 0 aliphatic carbocycles. The van der Waals surface area contributed by atoms with Crippen molar-refractivity contribution in [2.45, 2.75) is 59.2 Å². The van der Waals surface area contributed by atoms with Crippen LogP contribution in [-0.2, 0) is 13.1 Å². The maximum atomic E-state index is 10.2. The van der Waals surface area contributed by atoms with Gasteiger partial charge in [-0.1, -0.05) is 20.8 Å². The molecule has 18 heavy (non-hydrogen) atoms. The summed E-state index contributed by atoms with van der Waals surface area (Å²) in [5.41, 5.74) is -0.643. The summed E-state index contributed by atoms with van der Waals surface area (Å²) in [4.78, 5) is 4.33. The second kappa shape index (κ2) is 6.90. The van der Waals surface area contributed by atoms with E-state index < -0.39 is 5.60 Å². The van der Waals surface area contributed by atoms with Crippen molar-refractivity contribution in [3.63, 3.8) is 0 Å². The molecule has 1 aromatic rings. The number of hydrogen-bond donors (Lipinski definition) is 2. The lowest BCUT2D eigenvalue weighted by Gasteiger charge is -2.25. The Balaban J connectivity index is 2.39. The minimum atomic E-state index is -0.643. The van der Waals surface area contributed by atoms with Gasteiger partial charge in [-0.3, -0.25) is 0 Å². The number of aliphatic hydroxyl groups is 1. The quantitative estimate of drug-likeness (QED) is 0.746. The zero-order chi connectivity index (χ0) is 13.6. The van der Waals surface area contributed by atoms with Crippen molar-refractivity contribution < 1.29 is 5.11 Å². The van der Waals surface area contributed by atoms with Crippen LogP contribution in [0, 0.1) is 5.92 Å². The molecular weight excluding hydrogens is 226 g/mol. The van der Waals surface area contributed by atoms with Crippen LogP contribution in [0.15, 0.2) is 12.4 Å². The fourth-order valence-corrected chi connectivity index (χ4v) is 2.35. The van der Waals surface area contributed by atoms with Gasteiger partial charge in [0.25, 0.3) is 0 Å². The lowest BCUT2D eigenvalue weighted by molar-refractivity contribution is 0.0381. The van der Waals surface area contributed by atoms with E-state index in [1.807, 2.05) is 19.3 Å². The Kier molecular flexibility index (Phi) is 5.82. The Hall–Kier alpha value is -0.870. The standard InChI is InChI=1S/C14H27N3O/c1-5-7-17-8-6-16-13(17)10-15-11-14(4,18)9-12(2)3/h6,8,12,15,18H,5,7,9-11H2,1-4H3. The molecule has 0 saturated heterocycles. The summed E-state index contributed by atoms with van der Waals surface area (Å²) >= 11 is 0. The Morgan fingerprint density at radius 2 is 2.22 bits per heavy atom. The molecule has 1 heterocycles. The molecule has 104 valence electrons. The second-order valence-corrected chi connectivity index (χ2v) is 5.74. The van der Waals surface area contributed by atoms with Gasteiger partial charge in [-0.15, -0.1) is 0 Å². The van der Waals surface area contributed by atoms with Crippen LogP contribution in [-0.4, -0.2) is 26.8 Å². The predicted octanol–water partition coefficient (Wildman–Crippen LogP) is 2.18. The largest absolute Gasteiger partial charge is 0.389 e. The third-order valence-electron chi connectivity index (χ3n) is 2.90. The summed E-state index contributed by atoms with van der Waals surface area (Å²) in [5.74, 6) is 1.54. The molecule has 1 aromatic heterocycles. The SMILES string of the molecule is CCCn1ccnc1CNCC(C)(O)CC(C)C. The van der Waals surface area contributed by atoms with E-state index in [2.05, 4.69) is 35.6 Å². The molecule has 0 amide bonds. The summed E-state index contributed by atoms with van der Waals surface area (Å²) in [6.07, 6.45) is 5.75. The van der Waals surface area contributed by atoms with E-state index in [4.69, 9.17) is 0 Å². The van der Waals surface area contributed by atoms with Crippen molar-refractivity contribution in [2.24, 2.45) is 5.92 Å². The normalized spacial score (nSPS) is 15.0. The van der Waals surface area contributed by atoms with Crippen LogP contribution in [0.5, 0.6) is 0 Å². The zero-order valence-electron chi connectivity index (χ0n) is 12.1. The van der Waals surface area contributed by atoms with Gasteiger partial charge in [0.15, 0.2) is 0 Å². The minimum Gasteiger partial charge on any atom is -0.389 e. The molecule has 0 spiro atoms. The number of aryl methyl sites for hydroxylation is 1. The Labute approximate surface area is 110 Å². The molecule has 2 N–H and O–H groups in total. The summed E-state index contributed by atoms with van der Waals surface area (Å²) in [5, 5.41) is 13.5. The number of imidazole rings is 1. The second-order valence-electron chi connectivity index (χ2n) is 5.74. The summed E-state index contributed by atoms with van der Waals surface area (Å²) < 4.78 is 2.16. The number of aromatic nitrogens is 2. The van der Waals surface area contributed by atoms with Crippen molar-refractivity contribution >= 4 is 0 Å². The van der Waals surface area contributed by atoms with E-state index in [-0.39, 0.29) is 0 Å². The minimum absolute atomic E-state index is 0.504. The molecule has 1 rings (SSSR count). The molecule has 0 bridgehead atoms. The van der Waals surface area contributed by atoms with E-state index in [1.165, 1.54) is 0 Å². The number of hydrogen-bond acceptors (Lipinski definition) is 3. The maximum absolute atomic E-state index is 10.2. The Morgan fingerprint density at radius 1 is 1.50 bits per heavy atom. The fraction of sp³-hybridized carbons (Fsp3) is 0.786. The lowest BCUT2D eigenvalue weighted by atomic mass is 9.94. The van der Waals surface area contributed by atoms with E-state index >= 15 is 0 Å². The zero-order valence-corrected chi connectivity index (χ0v) is 12.1. The Bertz CT molecular complexity index is 345. The highest BCUT2D eigenvalue weighted by Crippen LogP contribution is 2.15. The van der Waals surface area contributed by atoms with Gasteiger partial charge < -0.3 is 15.0 Å². The van der Waals surface area contributed by atoms with Crippen LogP contribution < -0.4 is 5.32 Å². The summed E-state index contributed by atoms with van der Waals surface area (Å²) in [7, 11) is 0. The first kappa shape index (κ1) is 15.2.